The largest absolute Gasteiger partial charge is 0.495 e. The first kappa shape index (κ1) is 24.1. The number of methoxy groups -OCH3 is 1. The number of anilines is 1. The number of pyridine rings is 1. The number of ether oxygens (including phenoxy) is 1. The van der Waals surface area contributed by atoms with Crippen molar-refractivity contribution in [3.8, 4) is 11.6 Å². The lowest BCUT2D eigenvalue weighted by molar-refractivity contribution is 0.415. The minimum Gasteiger partial charge on any atom is -0.495 e. The zero-order valence-corrected chi connectivity index (χ0v) is 21.1. The Labute approximate surface area is 210 Å². The number of guanidine groups is 1. The lowest BCUT2D eigenvalue weighted by atomic mass is 10.2. The van der Waals surface area contributed by atoms with Crippen molar-refractivity contribution in [1.29, 1.82) is 0 Å². The zero-order valence-electron chi connectivity index (χ0n) is 18.0. The van der Waals surface area contributed by atoms with Gasteiger partial charge in [0.05, 0.1) is 12.8 Å². The van der Waals surface area contributed by atoms with Crippen molar-refractivity contribution < 1.29 is 4.74 Å². The second-order valence-corrected chi connectivity index (χ2v) is 7.75. The topological polar surface area (TPSA) is 79.6 Å². The van der Waals surface area contributed by atoms with E-state index >= 15 is 0 Å². The van der Waals surface area contributed by atoms with Gasteiger partial charge < -0.3 is 20.3 Å². The second-order valence-electron chi connectivity index (χ2n) is 7.31. The molecule has 3 heterocycles. The highest BCUT2D eigenvalue weighted by Crippen LogP contribution is 2.33. The van der Waals surface area contributed by atoms with Gasteiger partial charge in [0, 0.05) is 56.3 Å². The average molecular weight is 568 g/mol. The number of imidazole rings is 1. The van der Waals surface area contributed by atoms with E-state index in [0.29, 0.717) is 11.6 Å². The van der Waals surface area contributed by atoms with E-state index in [0.717, 1.165) is 48.3 Å². The average Bonchev–Trinajstić information content (AvgIpc) is 3.49. The van der Waals surface area contributed by atoms with Crippen molar-refractivity contribution in [2.45, 2.75) is 19.0 Å². The monoisotopic (exact) mass is 567 g/mol. The summed E-state index contributed by atoms with van der Waals surface area (Å²) >= 11 is 6.20. The highest BCUT2D eigenvalue weighted by atomic mass is 127. The summed E-state index contributed by atoms with van der Waals surface area (Å²) in [6, 6.07) is 10.0. The summed E-state index contributed by atoms with van der Waals surface area (Å²) in [4.78, 5) is 15.2. The van der Waals surface area contributed by atoms with Crippen LogP contribution in [0.25, 0.3) is 5.82 Å². The molecule has 1 aliphatic rings. The van der Waals surface area contributed by atoms with Gasteiger partial charge in [0.15, 0.2) is 5.96 Å². The molecule has 1 saturated heterocycles. The van der Waals surface area contributed by atoms with Crippen molar-refractivity contribution >= 4 is 47.2 Å². The van der Waals surface area contributed by atoms with Crippen LogP contribution < -0.4 is 20.3 Å². The van der Waals surface area contributed by atoms with Gasteiger partial charge in [-0.15, -0.1) is 24.0 Å². The van der Waals surface area contributed by atoms with Crippen LogP contribution in [0.3, 0.4) is 0 Å². The molecule has 10 heteroatoms. The minimum absolute atomic E-state index is 0. The number of hydrogen-bond acceptors (Lipinski definition) is 5. The van der Waals surface area contributed by atoms with Gasteiger partial charge in [-0.1, -0.05) is 17.7 Å². The summed E-state index contributed by atoms with van der Waals surface area (Å²) < 4.78 is 7.38. The first-order valence-electron chi connectivity index (χ1n) is 10.1. The summed E-state index contributed by atoms with van der Waals surface area (Å²) in [5, 5.41) is 7.59. The van der Waals surface area contributed by atoms with Crippen LogP contribution in [-0.2, 0) is 6.54 Å². The Morgan fingerprint density at radius 1 is 1.31 bits per heavy atom. The van der Waals surface area contributed by atoms with Gasteiger partial charge in [-0.25, -0.2) is 9.97 Å². The zero-order chi connectivity index (χ0) is 21.6. The number of rotatable bonds is 6. The molecule has 1 fully saturated rings. The highest BCUT2D eigenvalue weighted by Gasteiger charge is 2.25. The van der Waals surface area contributed by atoms with E-state index in [-0.39, 0.29) is 30.0 Å². The molecule has 0 spiro atoms. The Hall–Kier alpha value is -2.53. The number of aliphatic imine (C=N–C) groups is 1. The number of hydrogen-bond donors (Lipinski definition) is 2. The third kappa shape index (κ3) is 5.83. The fourth-order valence-electron chi connectivity index (χ4n) is 3.65. The maximum atomic E-state index is 6.20. The molecule has 170 valence electrons. The fourth-order valence-corrected chi connectivity index (χ4v) is 3.82. The van der Waals surface area contributed by atoms with Crippen LogP contribution >= 0.6 is 35.6 Å². The summed E-state index contributed by atoms with van der Waals surface area (Å²) in [5.41, 5.74) is 2.09. The molecule has 2 N–H and O–H groups in total. The first-order chi connectivity index (χ1) is 15.2. The minimum atomic E-state index is 0. The van der Waals surface area contributed by atoms with Crippen LogP contribution in [0, 0.1) is 0 Å². The number of aromatic nitrogens is 3. The summed E-state index contributed by atoms with van der Waals surface area (Å²) in [5.74, 6) is 2.44. The number of nitrogens with one attached hydrogen (secondary N) is 2. The normalized spacial score (nSPS) is 15.9. The first-order valence-corrected chi connectivity index (χ1v) is 10.5. The maximum absolute atomic E-state index is 6.20. The van der Waals surface area contributed by atoms with Crippen LogP contribution in [0.2, 0.25) is 5.02 Å². The Morgan fingerprint density at radius 2 is 2.19 bits per heavy atom. The van der Waals surface area contributed by atoms with Crippen molar-refractivity contribution in [1.82, 2.24) is 25.2 Å². The third-order valence-corrected chi connectivity index (χ3v) is 5.51. The van der Waals surface area contributed by atoms with E-state index in [4.69, 9.17) is 16.3 Å². The van der Waals surface area contributed by atoms with E-state index in [1.807, 2.05) is 47.3 Å². The quantitative estimate of drug-likeness (QED) is 0.270. The lowest BCUT2D eigenvalue weighted by Crippen LogP contribution is -2.44. The molecule has 8 nitrogen and oxygen atoms in total. The molecule has 32 heavy (non-hydrogen) atoms. The molecular formula is C22H27ClIN7O. The number of benzene rings is 1. The third-order valence-electron chi connectivity index (χ3n) is 5.27. The number of halogens is 2. The lowest BCUT2D eigenvalue weighted by Gasteiger charge is -2.22. The standard InChI is InChI=1S/C22H26ClN7O.HI/c1-24-22(27-13-16-3-6-21(26-12-16)30-10-8-25-15-30)28-18-7-9-29(14-18)19-11-17(23)4-5-20(19)31-2;/h3-6,8,10-12,15,18H,7,9,13-14H2,1-2H3,(H2,24,27,28);1H. The molecule has 2 aromatic heterocycles. The van der Waals surface area contributed by atoms with Gasteiger partial charge in [0.2, 0.25) is 0 Å². The molecule has 1 atom stereocenters. The molecule has 3 aromatic rings. The van der Waals surface area contributed by atoms with Gasteiger partial charge in [0.25, 0.3) is 0 Å². The maximum Gasteiger partial charge on any atom is 0.191 e. The Kier molecular flexibility index (Phi) is 8.57. The van der Waals surface area contributed by atoms with Gasteiger partial charge in [-0.2, -0.15) is 0 Å². The molecule has 0 bridgehead atoms. The molecule has 0 amide bonds. The van der Waals surface area contributed by atoms with Crippen LogP contribution in [0.1, 0.15) is 12.0 Å². The predicted molar refractivity (Wildman–Crippen MR) is 139 cm³/mol. The van der Waals surface area contributed by atoms with Gasteiger partial charge >= 0.3 is 0 Å². The molecule has 1 aliphatic heterocycles. The van der Waals surface area contributed by atoms with Crippen molar-refractivity contribution in [3.63, 3.8) is 0 Å². The highest BCUT2D eigenvalue weighted by molar-refractivity contribution is 14.0. The predicted octanol–water partition coefficient (Wildman–Crippen LogP) is 3.49. The van der Waals surface area contributed by atoms with E-state index < -0.39 is 0 Å². The van der Waals surface area contributed by atoms with Gasteiger partial charge in [-0.05, 0) is 36.2 Å². The van der Waals surface area contributed by atoms with Gasteiger partial charge in [0.1, 0.15) is 17.9 Å². The van der Waals surface area contributed by atoms with Crippen molar-refractivity contribution in [3.05, 3.63) is 65.8 Å². The molecule has 0 radical (unpaired) electrons. The molecule has 0 aliphatic carbocycles. The van der Waals surface area contributed by atoms with Crippen molar-refractivity contribution in [2.24, 2.45) is 4.99 Å². The molecule has 1 aromatic carbocycles. The van der Waals surface area contributed by atoms with E-state index in [1.54, 1.807) is 26.7 Å². The Morgan fingerprint density at radius 3 is 2.88 bits per heavy atom. The molecular weight excluding hydrogens is 541 g/mol. The van der Waals surface area contributed by atoms with E-state index in [1.165, 1.54) is 0 Å². The van der Waals surface area contributed by atoms with Crippen LogP contribution in [0.5, 0.6) is 5.75 Å². The Balaban J connectivity index is 0.00000289. The van der Waals surface area contributed by atoms with Crippen LogP contribution in [0.4, 0.5) is 5.69 Å². The van der Waals surface area contributed by atoms with E-state index in [9.17, 15) is 0 Å². The molecule has 0 saturated carbocycles. The smallest absolute Gasteiger partial charge is 0.191 e. The van der Waals surface area contributed by atoms with Crippen LogP contribution in [-0.4, -0.2) is 53.8 Å². The summed E-state index contributed by atoms with van der Waals surface area (Å²) in [7, 11) is 3.46. The Bertz CT molecular complexity index is 1030. The van der Waals surface area contributed by atoms with E-state index in [2.05, 4.69) is 30.5 Å². The SMILES string of the molecule is CN=C(NCc1ccc(-n2ccnc2)nc1)NC1CCN(c2cc(Cl)ccc2OC)C1.I. The van der Waals surface area contributed by atoms with Crippen LogP contribution in [0.15, 0.2) is 60.2 Å². The second kappa shape index (κ2) is 11.4. The molecule has 1 unspecified atom stereocenters. The molecule has 4 rings (SSSR count). The van der Waals surface area contributed by atoms with Gasteiger partial charge in [-0.3, -0.25) is 9.56 Å². The number of nitrogens with zero attached hydrogens (tertiary/aromatic N) is 5. The van der Waals surface area contributed by atoms with Crippen molar-refractivity contribution in [2.75, 3.05) is 32.1 Å². The summed E-state index contributed by atoms with van der Waals surface area (Å²) in [6.45, 7) is 2.40. The fraction of sp³-hybridized carbons (Fsp3) is 0.318. The summed E-state index contributed by atoms with van der Waals surface area (Å²) in [6.07, 6.45) is 8.20.